The molecule has 19 heavy (non-hydrogen) atoms. The number of hydrogen-bond donors (Lipinski definition) is 0. The molecule has 0 aromatic carbocycles. The van der Waals surface area contributed by atoms with E-state index in [1.54, 1.807) is 0 Å². The van der Waals surface area contributed by atoms with E-state index in [-0.39, 0.29) is 4.79 Å². The van der Waals surface area contributed by atoms with Crippen molar-refractivity contribution in [2.24, 2.45) is 0 Å². The molecule has 0 spiro atoms. The minimum Gasteiger partial charge on any atom is -0.361 e. The molecule has 0 N–H and O–H groups in total. The molecule has 0 bridgehead atoms. The van der Waals surface area contributed by atoms with Gasteiger partial charge in [0.1, 0.15) is 0 Å². The van der Waals surface area contributed by atoms with Crippen LogP contribution in [0.5, 0.6) is 0 Å². The molecule has 1 rings (SSSR count). The Bertz CT molecular complexity index is 575. The van der Waals surface area contributed by atoms with E-state index in [9.17, 15) is 40.5 Å². The second-order valence-corrected chi connectivity index (χ2v) is 2.56. The third-order valence-corrected chi connectivity index (χ3v) is 1.49. The number of aromatic nitrogens is 2. The zero-order chi connectivity index (χ0) is 14.7. The van der Waals surface area contributed by atoms with Gasteiger partial charge in [0.25, 0.3) is 11.6 Å². The Morgan fingerprint density at radius 1 is 0.947 bits per heavy atom. The highest BCUT2D eigenvalue weighted by atomic mass is 16.7. The first-order chi connectivity index (χ1) is 8.73. The first kappa shape index (κ1) is 13.5. The summed E-state index contributed by atoms with van der Waals surface area (Å²) in [6.07, 6.45) is 0. The summed E-state index contributed by atoms with van der Waals surface area (Å²) in [5.41, 5.74) is 3.31. The minimum atomic E-state index is -1.48. The number of nitro groups is 4. The number of rotatable bonds is 6. The van der Waals surface area contributed by atoms with E-state index in [0.717, 1.165) is 0 Å². The normalized spacial score (nSPS) is 9.68. The zero-order valence-electron chi connectivity index (χ0n) is 8.34. The van der Waals surface area contributed by atoms with Gasteiger partial charge in [-0.3, -0.25) is 20.2 Å². The predicted molar refractivity (Wildman–Crippen MR) is 51.3 cm³/mol. The van der Waals surface area contributed by atoms with E-state index >= 15 is 0 Å². The van der Waals surface area contributed by atoms with Crippen LogP contribution in [0.15, 0.2) is 0 Å². The van der Waals surface area contributed by atoms with Crippen molar-refractivity contribution in [3.8, 4) is 0 Å². The highest BCUT2D eigenvalue weighted by Gasteiger charge is 2.32. The van der Waals surface area contributed by atoms with Crippen molar-refractivity contribution in [3.63, 3.8) is 0 Å². The van der Waals surface area contributed by atoms with E-state index in [2.05, 4.69) is 16.1 Å². The molecule has 0 radical (unpaired) electrons. The summed E-state index contributed by atoms with van der Waals surface area (Å²) in [4.78, 5) is 38.3. The first-order valence-corrected chi connectivity index (χ1v) is 3.88. The van der Waals surface area contributed by atoms with Gasteiger partial charge in [0.15, 0.2) is 0 Å². The maximum atomic E-state index is 10.6. The SMILES string of the molecule is O=[N+]([O-])[N-]c1c([N+](=O)[O-])c([N+](=O)[O-])nn1[N-][N+](=O)[O-]. The van der Waals surface area contributed by atoms with Crippen molar-refractivity contribution >= 4 is 17.3 Å². The Kier molecular flexibility index (Phi) is 3.35. The van der Waals surface area contributed by atoms with E-state index in [1.165, 1.54) is 0 Å². The molecule has 0 fully saturated rings. The van der Waals surface area contributed by atoms with Crippen LogP contribution in [-0.2, 0) is 0 Å². The Labute approximate surface area is 99.7 Å². The van der Waals surface area contributed by atoms with Gasteiger partial charge in [-0.1, -0.05) is 15.9 Å². The summed E-state index contributed by atoms with van der Waals surface area (Å²) in [5.74, 6) is -2.81. The van der Waals surface area contributed by atoms with Crippen molar-refractivity contribution in [2.45, 2.75) is 0 Å². The maximum Gasteiger partial charge on any atom is 0.367 e. The smallest absolute Gasteiger partial charge is 0.361 e. The molecule has 0 aliphatic rings. The fraction of sp³-hybridized carbons (Fsp3) is 0. The molecule has 1 aromatic heterocycles. The third kappa shape index (κ3) is 2.75. The second-order valence-electron chi connectivity index (χ2n) is 2.56. The molecular formula is C3N8O8-2. The second kappa shape index (κ2) is 4.73. The lowest BCUT2D eigenvalue weighted by Gasteiger charge is -2.05. The maximum absolute atomic E-state index is 10.6. The summed E-state index contributed by atoms with van der Waals surface area (Å²) < 4.78 is 0. The topological polar surface area (TPSA) is 219 Å². The van der Waals surface area contributed by atoms with Crippen LogP contribution < -0.4 is 0 Å². The minimum absolute atomic E-state index is 0.279. The van der Waals surface area contributed by atoms with Crippen LogP contribution in [0.1, 0.15) is 0 Å². The Hall–Kier alpha value is -3.59. The van der Waals surface area contributed by atoms with Crippen LogP contribution in [0.2, 0.25) is 0 Å². The van der Waals surface area contributed by atoms with Crippen LogP contribution in [0.25, 0.3) is 11.0 Å². The van der Waals surface area contributed by atoms with Gasteiger partial charge in [-0.15, -0.1) is 0 Å². The molecule has 16 nitrogen and oxygen atoms in total. The van der Waals surface area contributed by atoms with Crippen molar-refractivity contribution in [1.82, 2.24) is 9.89 Å². The molecule has 0 atom stereocenters. The van der Waals surface area contributed by atoms with Gasteiger partial charge >= 0.3 is 5.69 Å². The van der Waals surface area contributed by atoms with Gasteiger partial charge in [-0.05, 0) is 5.03 Å². The highest BCUT2D eigenvalue weighted by molar-refractivity contribution is 5.67. The molecule has 0 unspecified atom stereocenters. The van der Waals surface area contributed by atoms with E-state index in [0.29, 0.717) is 0 Å². The van der Waals surface area contributed by atoms with Crippen molar-refractivity contribution in [2.75, 3.05) is 0 Å². The van der Waals surface area contributed by atoms with Crippen molar-refractivity contribution in [3.05, 3.63) is 51.4 Å². The zero-order valence-corrected chi connectivity index (χ0v) is 8.34. The standard InChI is InChI=1S/C3N8O8/c12-8(13)1-2(5-10(16)17)7(6-11(18)19)4-3(1)9(14)15/q-2. The quantitative estimate of drug-likeness (QED) is 0.511. The van der Waals surface area contributed by atoms with Crippen LogP contribution in [-0.4, -0.2) is 29.8 Å². The van der Waals surface area contributed by atoms with Crippen molar-refractivity contribution < 1.29 is 19.9 Å². The molecule has 1 aromatic rings. The summed E-state index contributed by atoms with van der Waals surface area (Å²) in [7, 11) is 0. The summed E-state index contributed by atoms with van der Waals surface area (Å²) >= 11 is 0. The predicted octanol–water partition coefficient (Wildman–Crippen LogP) is 0.225. The molecule has 16 heteroatoms. The molecule has 0 aliphatic carbocycles. The Balaban J connectivity index is 3.49. The van der Waals surface area contributed by atoms with Crippen LogP contribution in [0, 0.1) is 40.5 Å². The van der Waals surface area contributed by atoms with Gasteiger partial charge in [0.2, 0.25) is 0 Å². The lowest BCUT2D eigenvalue weighted by Crippen LogP contribution is -2.03. The monoisotopic (exact) mass is 276 g/mol. The van der Waals surface area contributed by atoms with E-state index < -0.39 is 37.2 Å². The molecule has 0 saturated heterocycles. The van der Waals surface area contributed by atoms with Gasteiger partial charge in [-0.25, -0.2) is 5.10 Å². The fourth-order valence-electron chi connectivity index (χ4n) is 0.962. The molecular weight excluding hydrogens is 276 g/mol. The largest absolute Gasteiger partial charge is 0.367 e. The Morgan fingerprint density at radius 2 is 1.53 bits per heavy atom. The Morgan fingerprint density at radius 3 is 1.89 bits per heavy atom. The average Bonchev–Trinajstić information content (AvgIpc) is 2.55. The lowest BCUT2D eigenvalue weighted by molar-refractivity contribution is -0.436. The molecule has 0 saturated carbocycles. The number of nitrogens with zero attached hydrogens (tertiary/aromatic N) is 8. The first-order valence-electron chi connectivity index (χ1n) is 3.88. The van der Waals surface area contributed by atoms with Crippen LogP contribution >= 0.6 is 0 Å². The molecule has 1 heterocycles. The fourth-order valence-corrected chi connectivity index (χ4v) is 0.962. The third-order valence-electron chi connectivity index (χ3n) is 1.49. The van der Waals surface area contributed by atoms with Gasteiger partial charge < -0.3 is 20.2 Å². The van der Waals surface area contributed by atoms with Gasteiger partial charge in [-0.2, -0.15) is 4.79 Å². The van der Waals surface area contributed by atoms with Crippen LogP contribution in [0.4, 0.5) is 17.3 Å². The summed E-state index contributed by atoms with van der Waals surface area (Å²) in [6.45, 7) is 0. The average molecular weight is 276 g/mol. The highest BCUT2D eigenvalue weighted by Crippen LogP contribution is 2.39. The molecule has 102 valence electrons. The van der Waals surface area contributed by atoms with E-state index in [4.69, 9.17) is 0 Å². The summed E-state index contributed by atoms with van der Waals surface area (Å²) in [6, 6.07) is 0. The van der Waals surface area contributed by atoms with Crippen LogP contribution in [0.3, 0.4) is 0 Å². The molecule has 0 amide bonds. The van der Waals surface area contributed by atoms with Gasteiger partial charge in [0, 0.05) is 0 Å². The molecule has 0 aliphatic heterocycles. The lowest BCUT2D eigenvalue weighted by atomic mass is 10.5. The van der Waals surface area contributed by atoms with Crippen molar-refractivity contribution in [1.29, 1.82) is 0 Å². The van der Waals surface area contributed by atoms with E-state index in [1.807, 2.05) is 0 Å². The summed E-state index contributed by atoms with van der Waals surface area (Å²) in [5, 5.41) is 41.2. The van der Waals surface area contributed by atoms with Gasteiger partial charge in [0.05, 0.1) is 9.96 Å². The number of hydrogen-bond acceptors (Lipinski definition) is 9.